The van der Waals surface area contributed by atoms with Gasteiger partial charge in [-0.3, -0.25) is 14.2 Å². The molecule has 12 heteroatoms. The lowest BCUT2D eigenvalue weighted by molar-refractivity contribution is 0.103. The molecule has 0 saturated heterocycles. The van der Waals surface area contributed by atoms with Crippen LogP contribution in [0.15, 0.2) is 43.0 Å². The van der Waals surface area contributed by atoms with Crippen molar-refractivity contribution in [2.24, 2.45) is 7.05 Å². The predicted molar refractivity (Wildman–Crippen MR) is 124 cm³/mol. The molecule has 3 aromatic heterocycles. The molecule has 0 atom stereocenters. The third kappa shape index (κ3) is 4.29. The Bertz CT molecular complexity index is 1500. The first-order valence-electron chi connectivity index (χ1n) is 10.3. The molecule has 34 heavy (non-hydrogen) atoms. The normalized spacial score (nSPS) is 11.9. The van der Waals surface area contributed by atoms with Crippen LogP contribution in [-0.4, -0.2) is 51.8 Å². The number of fused-ring (bicyclic) bond motifs is 1. The summed E-state index contributed by atoms with van der Waals surface area (Å²) in [5.74, 6) is -3.36. The standard InChI is InChI=1S/C22H22F2N6O3S/c1-4-7-30(3)34(32,33)28-18-6-5-17(23)19(20(18)24)21(31)16-11-26-22-15(16)8-13(9-25-22)14-10-27-29(2)12-14/h5-6,8-12,28H,4,7H2,1-3H3,(H,25,26). The largest absolute Gasteiger partial charge is 0.345 e. The van der Waals surface area contributed by atoms with Gasteiger partial charge in [0.15, 0.2) is 5.82 Å². The van der Waals surface area contributed by atoms with Crippen LogP contribution < -0.4 is 4.72 Å². The molecule has 2 N–H and O–H groups in total. The average Bonchev–Trinajstić information content (AvgIpc) is 3.41. The van der Waals surface area contributed by atoms with E-state index in [1.165, 1.54) is 13.2 Å². The van der Waals surface area contributed by atoms with E-state index in [1.807, 2.05) is 0 Å². The number of anilines is 1. The maximum absolute atomic E-state index is 15.3. The summed E-state index contributed by atoms with van der Waals surface area (Å²) < 4.78 is 59.5. The third-order valence-electron chi connectivity index (χ3n) is 5.32. The van der Waals surface area contributed by atoms with Crippen molar-refractivity contribution in [3.05, 3.63) is 65.7 Å². The number of aryl methyl sites for hydroxylation is 1. The van der Waals surface area contributed by atoms with Gasteiger partial charge in [0.05, 0.1) is 17.4 Å². The predicted octanol–water partition coefficient (Wildman–Crippen LogP) is 3.47. The number of halogens is 2. The second-order valence-corrected chi connectivity index (χ2v) is 9.54. The molecular weight excluding hydrogens is 466 g/mol. The molecule has 0 aliphatic heterocycles. The first-order valence-corrected chi connectivity index (χ1v) is 11.8. The number of nitrogens with one attached hydrogen (secondary N) is 2. The molecule has 1 aromatic carbocycles. The van der Waals surface area contributed by atoms with Crippen molar-refractivity contribution in [3.8, 4) is 11.1 Å². The number of pyridine rings is 1. The molecule has 0 radical (unpaired) electrons. The van der Waals surface area contributed by atoms with E-state index in [0.29, 0.717) is 23.0 Å². The van der Waals surface area contributed by atoms with Gasteiger partial charge < -0.3 is 4.98 Å². The summed E-state index contributed by atoms with van der Waals surface area (Å²) in [7, 11) is -1.00. The van der Waals surface area contributed by atoms with Crippen LogP contribution in [0.1, 0.15) is 29.3 Å². The fraction of sp³-hybridized carbons (Fsp3) is 0.227. The number of hydrogen-bond acceptors (Lipinski definition) is 5. The first kappa shape index (κ1) is 23.5. The SMILES string of the molecule is CCCN(C)S(=O)(=O)Nc1ccc(F)c(C(=O)c2c[nH]c3ncc(-c4cnn(C)c4)cc23)c1F. The molecule has 3 heterocycles. The Labute approximate surface area is 194 Å². The summed E-state index contributed by atoms with van der Waals surface area (Å²) in [6.45, 7) is 1.99. The molecule has 4 aromatic rings. The van der Waals surface area contributed by atoms with E-state index >= 15 is 4.39 Å². The summed E-state index contributed by atoms with van der Waals surface area (Å²) in [6.07, 6.45) is 6.84. The number of ketones is 1. The van der Waals surface area contributed by atoms with E-state index in [4.69, 9.17) is 0 Å². The van der Waals surface area contributed by atoms with E-state index in [0.717, 1.165) is 22.0 Å². The van der Waals surface area contributed by atoms with Crippen LogP contribution in [-0.2, 0) is 17.3 Å². The van der Waals surface area contributed by atoms with Crippen molar-refractivity contribution >= 4 is 32.7 Å². The van der Waals surface area contributed by atoms with E-state index < -0.39 is 38.9 Å². The Hall–Kier alpha value is -3.64. The molecule has 0 unspecified atom stereocenters. The van der Waals surface area contributed by atoms with Gasteiger partial charge >= 0.3 is 10.2 Å². The van der Waals surface area contributed by atoms with Crippen LogP contribution in [0.4, 0.5) is 14.5 Å². The lowest BCUT2D eigenvalue weighted by Crippen LogP contribution is -2.33. The molecule has 178 valence electrons. The van der Waals surface area contributed by atoms with Gasteiger partial charge in [-0.2, -0.15) is 17.8 Å². The fourth-order valence-electron chi connectivity index (χ4n) is 3.55. The third-order valence-corrected chi connectivity index (χ3v) is 6.80. The van der Waals surface area contributed by atoms with Gasteiger partial charge in [-0.05, 0) is 24.6 Å². The molecule has 0 bridgehead atoms. The summed E-state index contributed by atoms with van der Waals surface area (Å²) in [5.41, 5.74) is 0.369. The molecular formula is C22H22F2N6O3S. The monoisotopic (exact) mass is 488 g/mol. The van der Waals surface area contributed by atoms with Crippen LogP contribution in [0.5, 0.6) is 0 Å². The van der Waals surface area contributed by atoms with Crippen LogP contribution in [0, 0.1) is 11.6 Å². The number of aromatic amines is 1. The Kier molecular flexibility index (Phi) is 6.19. The molecule has 0 spiro atoms. The van der Waals surface area contributed by atoms with Gasteiger partial charge in [-0.25, -0.2) is 13.8 Å². The molecule has 0 fully saturated rings. The second-order valence-electron chi connectivity index (χ2n) is 7.77. The van der Waals surface area contributed by atoms with Crippen molar-refractivity contribution < 1.29 is 22.0 Å². The van der Waals surface area contributed by atoms with Gasteiger partial charge in [0.25, 0.3) is 0 Å². The van der Waals surface area contributed by atoms with Gasteiger partial charge in [-0.15, -0.1) is 0 Å². The van der Waals surface area contributed by atoms with E-state index in [1.54, 1.807) is 43.3 Å². The fourth-order valence-corrected chi connectivity index (χ4v) is 4.56. The minimum absolute atomic E-state index is 0.00542. The number of rotatable bonds is 8. The minimum Gasteiger partial charge on any atom is -0.345 e. The zero-order valence-corrected chi connectivity index (χ0v) is 19.4. The van der Waals surface area contributed by atoms with Crippen LogP contribution in [0.25, 0.3) is 22.2 Å². The Morgan fingerprint density at radius 3 is 2.68 bits per heavy atom. The van der Waals surface area contributed by atoms with E-state index in [2.05, 4.69) is 19.8 Å². The quantitative estimate of drug-likeness (QED) is 0.369. The van der Waals surface area contributed by atoms with Gasteiger partial charge in [0.2, 0.25) is 5.78 Å². The Morgan fingerprint density at radius 1 is 1.24 bits per heavy atom. The Morgan fingerprint density at radius 2 is 2.00 bits per heavy atom. The first-order chi connectivity index (χ1) is 16.1. The van der Waals surface area contributed by atoms with Crippen molar-refractivity contribution in [1.82, 2.24) is 24.1 Å². The summed E-state index contributed by atoms with van der Waals surface area (Å²) in [5, 5.41) is 4.47. The van der Waals surface area contributed by atoms with Crippen molar-refractivity contribution in [1.29, 1.82) is 0 Å². The highest BCUT2D eigenvalue weighted by atomic mass is 32.2. The average molecular weight is 489 g/mol. The second kappa shape index (κ2) is 8.95. The topological polar surface area (TPSA) is 113 Å². The number of nitrogens with zero attached hydrogens (tertiary/aromatic N) is 4. The molecule has 0 amide bonds. The highest BCUT2D eigenvalue weighted by Crippen LogP contribution is 2.29. The smallest absolute Gasteiger partial charge is 0.301 e. The maximum Gasteiger partial charge on any atom is 0.301 e. The number of benzene rings is 1. The molecule has 9 nitrogen and oxygen atoms in total. The highest BCUT2D eigenvalue weighted by molar-refractivity contribution is 7.90. The molecule has 0 saturated carbocycles. The number of aromatic nitrogens is 4. The number of carbonyl (C=O) groups excluding carboxylic acids is 1. The van der Waals surface area contributed by atoms with Gasteiger partial charge in [-0.1, -0.05) is 6.92 Å². The van der Waals surface area contributed by atoms with Crippen LogP contribution >= 0.6 is 0 Å². The minimum atomic E-state index is -4.09. The summed E-state index contributed by atoms with van der Waals surface area (Å²) in [6, 6.07) is 3.46. The molecule has 0 aliphatic rings. The van der Waals surface area contributed by atoms with E-state index in [-0.39, 0.29) is 12.1 Å². The zero-order chi connectivity index (χ0) is 24.6. The van der Waals surface area contributed by atoms with E-state index in [9.17, 15) is 17.6 Å². The van der Waals surface area contributed by atoms with Crippen molar-refractivity contribution in [2.45, 2.75) is 13.3 Å². The lowest BCUT2D eigenvalue weighted by atomic mass is 10.0. The summed E-state index contributed by atoms with van der Waals surface area (Å²) in [4.78, 5) is 20.3. The van der Waals surface area contributed by atoms with Crippen LogP contribution in [0.2, 0.25) is 0 Å². The van der Waals surface area contributed by atoms with Crippen LogP contribution in [0.3, 0.4) is 0 Å². The zero-order valence-electron chi connectivity index (χ0n) is 18.6. The number of H-pyrrole nitrogens is 1. The molecule has 0 aliphatic carbocycles. The summed E-state index contributed by atoms with van der Waals surface area (Å²) >= 11 is 0. The van der Waals surface area contributed by atoms with Crippen molar-refractivity contribution in [2.75, 3.05) is 18.3 Å². The highest BCUT2D eigenvalue weighted by Gasteiger charge is 2.27. The number of hydrogen-bond donors (Lipinski definition) is 2. The van der Waals surface area contributed by atoms with Gasteiger partial charge in [0, 0.05) is 61.3 Å². The van der Waals surface area contributed by atoms with Crippen molar-refractivity contribution in [3.63, 3.8) is 0 Å². The molecule has 4 rings (SSSR count). The maximum atomic E-state index is 15.3. The van der Waals surface area contributed by atoms with Gasteiger partial charge in [0.1, 0.15) is 11.5 Å². The Balaban J connectivity index is 1.75. The lowest BCUT2D eigenvalue weighted by Gasteiger charge is -2.18. The number of carbonyl (C=O) groups is 1.